The molecule has 1 saturated heterocycles. The summed E-state index contributed by atoms with van der Waals surface area (Å²) in [6.45, 7) is 0.825. The quantitative estimate of drug-likeness (QED) is 0.374. The van der Waals surface area contributed by atoms with Gasteiger partial charge in [-0.25, -0.2) is 4.98 Å². The average Bonchev–Trinajstić information content (AvgIpc) is 3.54. The van der Waals surface area contributed by atoms with E-state index in [1.54, 1.807) is 7.11 Å². The molecule has 3 fully saturated rings. The van der Waals surface area contributed by atoms with Crippen molar-refractivity contribution < 1.29 is 14.3 Å². The molecule has 2 heterocycles. The van der Waals surface area contributed by atoms with Crippen LogP contribution >= 0.6 is 0 Å². The van der Waals surface area contributed by atoms with E-state index in [0.29, 0.717) is 25.0 Å². The molecule has 1 unspecified atom stereocenters. The van der Waals surface area contributed by atoms with Crippen molar-refractivity contribution in [3.05, 3.63) is 54.4 Å². The normalized spacial score (nSPS) is 21.0. The van der Waals surface area contributed by atoms with Crippen molar-refractivity contribution in [2.75, 3.05) is 18.6 Å². The number of para-hydroxylation sites is 2. The van der Waals surface area contributed by atoms with Crippen LogP contribution in [0.2, 0.25) is 0 Å². The number of nitrogens with zero attached hydrogens (tertiary/aromatic N) is 4. The number of fused-ring (bicyclic) bond motifs is 1. The molecule has 6 rings (SSSR count). The van der Waals surface area contributed by atoms with Crippen molar-refractivity contribution in [3.63, 3.8) is 0 Å². The summed E-state index contributed by atoms with van der Waals surface area (Å²) in [5, 5.41) is 0. The Kier molecular flexibility index (Phi) is 7.58. The van der Waals surface area contributed by atoms with E-state index < -0.39 is 0 Å². The minimum atomic E-state index is -0.0817. The van der Waals surface area contributed by atoms with Crippen LogP contribution in [0.15, 0.2) is 48.5 Å². The number of anilines is 1. The minimum absolute atomic E-state index is 0.0734. The Bertz CT molecular complexity index is 1300. The zero-order valence-corrected chi connectivity index (χ0v) is 23.1. The highest BCUT2D eigenvalue weighted by Crippen LogP contribution is 2.35. The molecule has 39 heavy (non-hydrogen) atoms. The first-order chi connectivity index (χ1) is 19.1. The van der Waals surface area contributed by atoms with Gasteiger partial charge in [-0.3, -0.25) is 9.59 Å². The molecular formula is C32H40N4O3. The van der Waals surface area contributed by atoms with E-state index in [4.69, 9.17) is 9.72 Å². The van der Waals surface area contributed by atoms with Crippen molar-refractivity contribution in [1.82, 2.24) is 14.5 Å². The van der Waals surface area contributed by atoms with E-state index in [1.165, 1.54) is 38.5 Å². The van der Waals surface area contributed by atoms with Gasteiger partial charge in [-0.1, -0.05) is 56.7 Å². The summed E-state index contributed by atoms with van der Waals surface area (Å²) < 4.78 is 7.50. The predicted molar refractivity (Wildman–Crippen MR) is 153 cm³/mol. The molecule has 1 atom stereocenters. The average molecular weight is 529 g/mol. The summed E-state index contributed by atoms with van der Waals surface area (Å²) >= 11 is 0. The smallest absolute Gasteiger partial charge is 0.243 e. The molecule has 0 radical (unpaired) electrons. The molecule has 7 heteroatoms. The molecule has 3 aromatic rings. The third-order valence-electron chi connectivity index (χ3n) is 9.06. The maximum atomic E-state index is 14.2. The fourth-order valence-electron chi connectivity index (χ4n) is 7.12. The number of hydrogen-bond acceptors (Lipinski definition) is 4. The van der Waals surface area contributed by atoms with Crippen LogP contribution in [0, 0.1) is 0 Å². The van der Waals surface area contributed by atoms with E-state index >= 15 is 0 Å². The van der Waals surface area contributed by atoms with Crippen molar-refractivity contribution >= 4 is 28.5 Å². The number of ether oxygens (including phenoxy) is 1. The van der Waals surface area contributed by atoms with Gasteiger partial charge in [0, 0.05) is 42.7 Å². The van der Waals surface area contributed by atoms with Crippen molar-refractivity contribution in [2.45, 2.75) is 95.2 Å². The van der Waals surface area contributed by atoms with Crippen LogP contribution in [-0.2, 0) is 16.1 Å². The second-order valence-corrected chi connectivity index (χ2v) is 11.5. The lowest BCUT2D eigenvalue weighted by molar-refractivity contribution is -0.138. The molecule has 2 saturated carbocycles. The third kappa shape index (κ3) is 5.28. The van der Waals surface area contributed by atoms with Crippen LogP contribution in [0.1, 0.15) is 82.4 Å². The maximum absolute atomic E-state index is 14.2. The van der Waals surface area contributed by atoms with Crippen molar-refractivity contribution in [2.24, 2.45) is 0 Å². The van der Waals surface area contributed by atoms with Crippen LogP contribution in [0.4, 0.5) is 5.69 Å². The lowest BCUT2D eigenvalue weighted by Gasteiger charge is -2.42. The van der Waals surface area contributed by atoms with Crippen LogP contribution in [-0.4, -0.2) is 52.0 Å². The first-order valence-corrected chi connectivity index (χ1v) is 14.8. The monoisotopic (exact) mass is 528 g/mol. The van der Waals surface area contributed by atoms with Crippen molar-refractivity contribution in [3.8, 4) is 5.75 Å². The van der Waals surface area contributed by atoms with E-state index in [1.807, 2.05) is 47.4 Å². The van der Waals surface area contributed by atoms with Crippen LogP contribution in [0.25, 0.3) is 11.0 Å². The van der Waals surface area contributed by atoms with Gasteiger partial charge in [-0.05, 0) is 49.9 Å². The molecule has 3 aliphatic rings. The van der Waals surface area contributed by atoms with Gasteiger partial charge in [0.1, 0.15) is 18.1 Å². The number of hydrogen-bond donors (Lipinski definition) is 0. The van der Waals surface area contributed by atoms with Gasteiger partial charge in [0.2, 0.25) is 11.8 Å². The van der Waals surface area contributed by atoms with E-state index in [-0.39, 0.29) is 24.3 Å². The van der Waals surface area contributed by atoms with Gasteiger partial charge in [0.25, 0.3) is 0 Å². The fraction of sp³-hybridized carbons (Fsp3) is 0.531. The number of carbonyl (C=O) groups excluding carboxylic acids is 2. The highest BCUT2D eigenvalue weighted by molar-refractivity contribution is 5.96. The number of imidazole rings is 1. The van der Waals surface area contributed by atoms with Crippen molar-refractivity contribution in [1.29, 1.82) is 0 Å². The summed E-state index contributed by atoms with van der Waals surface area (Å²) in [5.74, 6) is 1.78. The Morgan fingerprint density at radius 2 is 1.64 bits per heavy atom. The van der Waals surface area contributed by atoms with Crippen LogP contribution in [0.5, 0.6) is 5.75 Å². The van der Waals surface area contributed by atoms with E-state index in [2.05, 4.69) is 15.5 Å². The van der Waals surface area contributed by atoms with E-state index in [9.17, 15) is 9.59 Å². The van der Waals surface area contributed by atoms with Crippen LogP contribution in [0.3, 0.4) is 0 Å². The fourth-order valence-corrected chi connectivity index (χ4v) is 7.12. The number of methoxy groups -OCH3 is 1. The summed E-state index contributed by atoms with van der Waals surface area (Å²) in [6.07, 6.45) is 12.3. The molecule has 2 amide bonds. The lowest BCUT2D eigenvalue weighted by atomic mass is 9.88. The Morgan fingerprint density at radius 1 is 0.949 bits per heavy atom. The Balaban J connectivity index is 1.31. The van der Waals surface area contributed by atoms with Gasteiger partial charge in [-0.2, -0.15) is 0 Å². The number of carbonyl (C=O) groups is 2. The lowest BCUT2D eigenvalue weighted by Crippen LogP contribution is -2.50. The number of aromatic nitrogens is 2. The standard InChI is InChI=1S/C32H40N4O3/c1-39-27-16-10-15-26(20-27)34-21-23(19-30(34)37)32-33-28-17-8-9-18-29(28)35(32)22-31(38)36(24-11-4-2-5-12-24)25-13-6-3-7-14-25/h8-10,15-18,20,23-25H,2-7,11-14,19,21-22H2,1H3. The van der Waals surface area contributed by atoms with Gasteiger partial charge in [0.05, 0.1) is 18.1 Å². The maximum Gasteiger partial charge on any atom is 0.243 e. The molecule has 2 aromatic carbocycles. The highest BCUT2D eigenvalue weighted by atomic mass is 16.5. The molecule has 0 spiro atoms. The SMILES string of the molecule is COc1cccc(N2CC(c3nc4ccccc4n3CC(=O)N(C3CCCCC3)C3CCCCC3)CC2=O)c1. The number of benzene rings is 2. The second kappa shape index (κ2) is 11.4. The molecule has 1 aromatic heterocycles. The summed E-state index contributed by atoms with van der Waals surface area (Å²) in [5.41, 5.74) is 2.69. The molecule has 206 valence electrons. The topological polar surface area (TPSA) is 67.7 Å². The zero-order chi connectivity index (χ0) is 26.8. The zero-order valence-electron chi connectivity index (χ0n) is 23.1. The minimum Gasteiger partial charge on any atom is -0.497 e. The van der Waals surface area contributed by atoms with Gasteiger partial charge in [0.15, 0.2) is 0 Å². The van der Waals surface area contributed by atoms with E-state index in [0.717, 1.165) is 54.0 Å². The predicted octanol–water partition coefficient (Wildman–Crippen LogP) is 6.06. The Hall–Kier alpha value is -3.35. The summed E-state index contributed by atoms with van der Waals surface area (Å²) in [4.78, 5) is 36.6. The highest BCUT2D eigenvalue weighted by Gasteiger charge is 2.37. The summed E-state index contributed by atoms with van der Waals surface area (Å²) in [7, 11) is 1.64. The first kappa shape index (κ1) is 25.9. The Morgan fingerprint density at radius 3 is 2.33 bits per heavy atom. The molecule has 0 bridgehead atoms. The molecule has 2 aliphatic carbocycles. The molecule has 1 aliphatic heterocycles. The second-order valence-electron chi connectivity index (χ2n) is 11.5. The number of rotatable bonds is 7. The van der Waals surface area contributed by atoms with Crippen LogP contribution < -0.4 is 9.64 Å². The van der Waals surface area contributed by atoms with Gasteiger partial charge in [-0.15, -0.1) is 0 Å². The molecule has 7 nitrogen and oxygen atoms in total. The Labute approximate surface area is 231 Å². The third-order valence-corrected chi connectivity index (χ3v) is 9.06. The number of amides is 2. The summed E-state index contributed by atoms with van der Waals surface area (Å²) in [6, 6.07) is 16.4. The largest absolute Gasteiger partial charge is 0.497 e. The molecular weight excluding hydrogens is 488 g/mol. The molecule has 0 N–H and O–H groups in total. The van der Waals surface area contributed by atoms with Gasteiger partial charge < -0.3 is 19.1 Å². The van der Waals surface area contributed by atoms with Gasteiger partial charge >= 0.3 is 0 Å². The first-order valence-electron chi connectivity index (χ1n) is 14.8.